The fourth-order valence-electron chi connectivity index (χ4n) is 3.58. The molecule has 0 saturated carbocycles. The van der Waals surface area contributed by atoms with Crippen LogP contribution in [0.2, 0.25) is 0 Å². The smallest absolute Gasteiger partial charge is 0.317 e. The molecule has 2 aromatic rings. The highest BCUT2D eigenvalue weighted by Gasteiger charge is 2.22. The highest BCUT2D eigenvalue weighted by atomic mass is 16.2. The van der Waals surface area contributed by atoms with Crippen molar-refractivity contribution in [1.82, 2.24) is 10.2 Å². The molecule has 2 aromatic carbocycles. The van der Waals surface area contributed by atoms with Crippen LogP contribution in [0.25, 0.3) is 0 Å². The van der Waals surface area contributed by atoms with Gasteiger partial charge in [-0.3, -0.25) is 0 Å². The number of hydrogen-bond acceptors (Lipinski definition) is 1. The Kier molecular flexibility index (Phi) is 6.10. The van der Waals surface area contributed by atoms with Crippen LogP contribution < -0.4 is 5.32 Å². The van der Waals surface area contributed by atoms with Crippen molar-refractivity contribution in [2.45, 2.75) is 32.6 Å². The number of carbonyl (C=O) groups excluding carboxylic acids is 1. The Morgan fingerprint density at radius 1 is 1.04 bits per heavy atom. The van der Waals surface area contributed by atoms with E-state index in [9.17, 15) is 4.79 Å². The van der Waals surface area contributed by atoms with Gasteiger partial charge in [0.15, 0.2) is 0 Å². The summed E-state index contributed by atoms with van der Waals surface area (Å²) in [5, 5.41) is 3.07. The van der Waals surface area contributed by atoms with Gasteiger partial charge >= 0.3 is 6.03 Å². The minimum atomic E-state index is 0.0887. The van der Waals surface area contributed by atoms with Crippen molar-refractivity contribution in [2.75, 3.05) is 19.6 Å². The Balaban J connectivity index is 1.38. The van der Waals surface area contributed by atoms with Gasteiger partial charge in [0.05, 0.1) is 0 Å². The number of carbonyl (C=O) groups is 1. The SMILES string of the molecule is Cc1cccc(CCNC(=O)N2CCC(Cc3ccccc3)CC2)c1. The highest BCUT2D eigenvalue weighted by Crippen LogP contribution is 2.21. The average Bonchev–Trinajstić information content (AvgIpc) is 2.63. The van der Waals surface area contributed by atoms with Gasteiger partial charge in [0.2, 0.25) is 0 Å². The third kappa shape index (κ3) is 5.35. The van der Waals surface area contributed by atoms with Gasteiger partial charge in [0.25, 0.3) is 0 Å². The van der Waals surface area contributed by atoms with Crippen LogP contribution in [0.1, 0.15) is 29.5 Å². The number of benzene rings is 2. The first kappa shape index (κ1) is 17.5. The molecule has 3 nitrogen and oxygen atoms in total. The Hall–Kier alpha value is -2.29. The highest BCUT2D eigenvalue weighted by molar-refractivity contribution is 5.74. The second-order valence-corrected chi connectivity index (χ2v) is 7.09. The summed E-state index contributed by atoms with van der Waals surface area (Å²) in [6.07, 6.45) is 4.21. The standard InChI is InChI=1S/C22H28N2O/c1-18-6-5-9-20(16-18)10-13-23-22(25)24-14-11-21(12-15-24)17-19-7-3-2-4-8-19/h2-9,16,21H,10-15,17H2,1H3,(H,23,25). The predicted molar refractivity (Wildman–Crippen MR) is 103 cm³/mol. The molecule has 1 aliphatic heterocycles. The number of nitrogens with zero attached hydrogens (tertiary/aromatic N) is 1. The lowest BCUT2D eigenvalue weighted by atomic mass is 9.90. The molecule has 1 aliphatic rings. The number of piperidine rings is 1. The molecular formula is C22H28N2O. The van der Waals surface area contributed by atoms with Gasteiger partial charge in [-0.05, 0) is 49.7 Å². The van der Waals surface area contributed by atoms with E-state index >= 15 is 0 Å². The summed E-state index contributed by atoms with van der Waals surface area (Å²) < 4.78 is 0. The van der Waals surface area contributed by atoms with E-state index in [1.54, 1.807) is 0 Å². The van der Waals surface area contributed by atoms with Crippen molar-refractivity contribution in [3.05, 3.63) is 71.3 Å². The maximum atomic E-state index is 12.3. The lowest BCUT2D eigenvalue weighted by molar-refractivity contribution is 0.170. The normalized spacial score (nSPS) is 15.2. The molecule has 2 amide bonds. The minimum Gasteiger partial charge on any atom is -0.338 e. The molecule has 0 aromatic heterocycles. The van der Waals surface area contributed by atoms with Gasteiger partial charge in [0, 0.05) is 19.6 Å². The number of hydrogen-bond donors (Lipinski definition) is 1. The number of urea groups is 1. The molecule has 0 bridgehead atoms. The quantitative estimate of drug-likeness (QED) is 0.872. The zero-order valence-electron chi connectivity index (χ0n) is 15.1. The van der Waals surface area contributed by atoms with Crippen LogP contribution in [0.3, 0.4) is 0 Å². The molecule has 25 heavy (non-hydrogen) atoms. The lowest BCUT2D eigenvalue weighted by Crippen LogP contribution is -2.45. The third-order valence-electron chi connectivity index (χ3n) is 5.04. The van der Waals surface area contributed by atoms with Crippen molar-refractivity contribution >= 4 is 6.03 Å². The minimum absolute atomic E-state index is 0.0887. The summed E-state index contributed by atoms with van der Waals surface area (Å²) in [7, 11) is 0. The predicted octanol–water partition coefficient (Wildman–Crippen LogP) is 4.20. The Labute approximate surface area is 151 Å². The number of amides is 2. The first-order valence-electron chi connectivity index (χ1n) is 9.33. The van der Waals surface area contributed by atoms with Crippen LogP contribution in [0.4, 0.5) is 4.79 Å². The van der Waals surface area contributed by atoms with Crippen LogP contribution in [0, 0.1) is 12.8 Å². The van der Waals surface area contributed by atoms with Gasteiger partial charge in [-0.1, -0.05) is 60.2 Å². The van der Waals surface area contributed by atoms with E-state index in [0.29, 0.717) is 12.5 Å². The number of nitrogens with one attached hydrogen (secondary N) is 1. The van der Waals surface area contributed by atoms with E-state index in [2.05, 4.69) is 66.8 Å². The third-order valence-corrected chi connectivity index (χ3v) is 5.04. The largest absolute Gasteiger partial charge is 0.338 e. The molecular weight excluding hydrogens is 308 g/mol. The molecule has 0 aliphatic carbocycles. The fourth-order valence-corrected chi connectivity index (χ4v) is 3.58. The van der Waals surface area contributed by atoms with E-state index in [1.165, 1.54) is 16.7 Å². The van der Waals surface area contributed by atoms with Gasteiger partial charge in [-0.2, -0.15) is 0 Å². The maximum Gasteiger partial charge on any atom is 0.317 e. The summed E-state index contributed by atoms with van der Waals surface area (Å²) in [4.78, 5) is 14.3. The van der Waals surface area contributed by atoms with Crippen molar-refractivity contribution in [3.8, 4) is 0 Å². The summed E-state index contributed by atoms with van der Waals surface area (Å²) in [6, 6.07) is 19.2. The average molecular weight is 336 g/mol. The van der Waals surface area contributed by atoms with E-state index in [0.717, 1.165) is 38.8 Å². The molecule has 1 saturated heterocycles. The van der Waals surface area contributed by atoms with Gasteiger partial charge in [-0.15, -0.1) is 0 Å². The lowest BCUT2D eigenvalue weighted by Gasteiger charge is -2.32. The number of rotatable bonds is 5. The van der Waals surface area contributed by atoms with Crippen molar-refractivity contribution < 1.29 is 4.79 Å². The zero-order chi connectivity index (χ0) is 17.5. The van der Waals surface area contributed by atoms with Gasteiger partial charge < -0.3 is 10.2 Å². The number of aryl methyl sites for hydroxylation is 1. The van der Waals surface area contributed by atoms with Crippen LogP contribution in [0.15, 0.2) is 54.6 Å². The molecule has 3 heteroatoms. The fraction of sp³-hybridized carbons (Fsp3) is 0.409. The van der Waals surface area contributed by atoms with E-state index < -0.39 is 0 Å². The van der Waals surface area contributed by atoms with Gasteiger partial charge in [-0.25, -0.2) is 4.79 Å². The molecule has 0 atom stereocenters. The first-order chi connectivity index (χ1) is 12.2. The first-order valence-corrected chi connectivity index (χ1v) is 9.33. The molecule has 1 fully saturated rings. The Morgan fingerprint density at radius 2 is 1.76 bits per heavy atom. The van der Waals surface area contributed by atoms with E-state index in [1.807, 2.05) is 4.90 Å². The molecule has 132 valence electrons. The summed E-state index contributed by atoms with van der Waals surface area (Å²) >= 11 is 0. The molecule has 0 unspecified atom stereocenters. The molecule has 0 radical (unpaired) electrons. The Morgan fingerprint density at radius 3 is 2.48 bits per heavy atom. The summed E-state index contributed by atoms with van der Waals surface area (Å²) in [6.45, 7) is 4.54. The topological polar surface area (TPSA) is 32.3 Å². The van der Waals surface area contributed by atoms with Crippen molar-refractivity contribution in [3.63, 3.8) is 0 Å². The Bertz CT molecular complexity index is 675. The van der Waals surface area contributed by atoms with Gasteiger partial charge in [0.1, 0.15) is 0 Å². The second kappa shape index (κ2) is 8.70. The molecule has 3 rings (SSSR count). The molecule has 1 heterocycles. The zero-order valence-corrected chi connectivity index (χ0v) is 15.1. The van der Waals surface area contributed by atoms with Crippen molar-refractivity contribution in [1.29, 1.82) is 0 Å². The maximum absolute atomic E-state index is 12.3. The van der Waals surface area contributed by atoms with Crippen LogP contribution in [-0.4, -0.2) is 30.6 Å². The van der Waals surface area contributed by atoms with Crippen LogP contribution >= 0.6 is 0 Å². The molecule has 0 spiro atoms. The summed E-state index contributed by atoms with van der Waals surface area (Å²) in [5.41, 5.74) is 3.95. The number of likely N-dealkylation sites (tertiary alicyclic amines) is 1. The van der Waals surface area contributed by atoms with Crippen molar-refractivity contribution in [2.24, 2.45) is 5.92 Å². The summed E-state index contributed by atoms with van der Waals surface area (Å²) in [5.74, 6) is 0.693. The van der Waals surface area contributed by atoms with Crippen LogP contribution in [-0.2, 0) is 12.8 Å². The molecule has 1 N–H and O–H groups in total. The van der Waals surface area contributed by atoms with E-state index in [4.69, 9.17) is 0 Å². The monoisotopic (exact) mass is 336 g/mol. The second-order valence-electron chi connectivity index (χ2n) is 7.09. The van der Waals surface area contributed by atoms with Crippen LogP contribution in [0.5, 0.6) is 0 Å². The van der Waals surface area contributed by atoms with E-state index in [-0.39, 0.29) is 6.03 Å².